The zero-order valence-corrected chi connectivity index (χ0v) is 16.5. The quantitative estimate of drug-likeness (QED) is 0.435. The summed E-state index contributed by atoms with van der Waals surface area (Å²) in [6, 6.07) is 8.93. The molecule has 0 saturated carbocycles. The summed E-state index contributed by atoms with van der Waals surface area (Å²) in [4.78, 5) is 0. The second kappa shape index (κ2) is 9.28. The summed E-state index contributed by atoms with van der Waals surface area (Å²) in [6.45, 7) is 6.74. The van der Waals surface area contributed by atoms with Gasteiger partial charge in [0.25, 0.3) is 0 Å². The van der Waals surface area contributed by atoms with Gasteiger partial charge in [-0.15, -0.1) is 0 Å². The molecule has 0 aliphatic heterocycles. The van der Waals surface area contributed by atoms with Crippen LogP contribution < -0.4 is 0 Å². The van der Waals surface area contributed by atoms with Crippen LogP contribution in [-0.4, -0.2) is 17.3 Å². The normalized spacial score (nSPS) is 11.8. The van der Waals surface area contributed by atoms with Crippen molar-refractivity contribution < 1.29 is 0 Å². The van der Waals surface area contributed by atoms with Crippen LogP contribution in [-0.2, 0) is 6.42 Å². The van der Waals surface area contributed by atoms with E-state index in [1.165, 1.54) is 56.5 Å². The van der Waals surface area contributed by atoms with E-state index in [0.717, 1.165) is 0 Å². The third-order valence-corrected chi connectivity index (χ3v) is 18.1. The predicted octanol–water partition coefficient (Wildman–Crippen LogP) is 6.32. The van der Waals surface area contributed by atoms with Gasteiger partial charge in [-0.05, 0) is 0 Å². The minimum atomic E-state index is -2.31. The van der Waals surface area contributed by atoms with Crippen LogP contribution in [0.4, 0.5) is 0 Å². The van der Waals surface area contributed by atoms with E-state index in [1.807, 2.05) is 0 Å². The van der Waals surface area contributed by atoms with Crippen LogP contribution in [0.1, 0.15) is 50.7 Å². The number of rotatable bonds is 9. The Morgan fingerprint density at radius 1 is 1.00 bits per heavy atom. The molecule has 0 unspecified atom stereocenters. The average molecular weight is 388 g/mol. The number of aryl methyl sites for hydroxylation is 2. The molecule has 0 nitrogen and oxygen atoms in total. The third-order valence-electron chi connectivity index (χ3n) is 3.90. The molecule has 0 saturated heterocycles. The van der Waals surface area contributed by atoms with Crippen molar-refractivity contribution in [3.63, 3.8) is 0 Å². The molecular weight excluding hydrogens is 358 g/mol. The Morgan fingerprint density at radius 3 is 2.16 bits per heavy atom. The summed E-state index contributed by atoms with van der Waals surface area (Å²) in [5, 5.41) is 0. The zero-order chi connectivity index (χ0) is 14.1. The van der Waals surface area contributed by atoms with Gasteiger partial charge in [-0.3, -0.25) is 0 Å². The fraction of sp³-hybridized carbons (Fsp3) is 0.647. The van der Waals surface area contributed by atoms with Gasteiger partial charge in [0, 0.05) is 0 Å². The first-order valence-corrected chi connectivity index (χ1v) is 17.5. The fourth-order valence-corrected chi connectivity index (χ4v) is 14.9. The van der Waals surface area contributed by atoms with Gasteiger partial charge in [0.15, 0.2) is 0 Å². The van der Waals surface area contributed by atoms with E-state index < -0.39 is 17.3 Å². The van der Waals surface area contributed by atoms with Crippen LogP contribution in [0.15, 0.2) is 24.3 Å². The molecule has 0 atom stereocenters. The van der Waals surface area contributed by atoms with Crippen molar-refractivity contribution in [1.29, 1.82) is 0 Å². The first kappa shape index (κ1) is 17.4. The van der Waals surface area contributed by atoms with E-state index in [9.17, 15) is 0 Å². The van der Waals surface area contributed by atoms with Crippen LogP contribution in [0.5, 0.6) is 0 Å². The van der Waals surface area contributed by atoms with Crippen molar-refractivity contribution in [3.8, 4) is 0 Å². The summed E-state index contributed by atoms with van der Waals surface area (Å²) in [7, 11) is 7.10. The van der Waals surface area contributed by atoms with Gasteiger partial charge in [-0.2, -0.15) is 0 Å². The molecule has 0 bridgehead atoms. The van der Waals surface area contributed by atoms with Crippen molar-refractivity contribution in [2.24, 2.45) is 0 Å². The number of halogens is 1. The van der Waals surface area contributed by atoms with Gasteiger partial charge < -0.3 is 0 Å². The molecule has 0 radical (unpaired) electrons. The van der Waals surface area contributed by atoms with Crippen molar-refractivity contribution in [1.82, 2.24) is 0 Å². The second-order valence-electron chi connectivity index (χ2n) is 5.85. The van der Waals surface area contributed by atoms with Crippen molar-refractivity contribution in [3.05, 3.63) is 35.4 Å². The molecule has 0 amide bonds. The Labute approximate surface area is 127 Å². The maximum atomic E-state index is 7.10. The van der Waals surface area contributed by atoms with E-state index >= 15 is 0 Å². The molecular formula is C17H29ClSn. The first-order chi connectivity index (χ1) is 9.09. The summed E-state index contributed by atoms with van der Waals surface area (Å²) < 4.78 is 4.07. The van der Waals surface area contributed by atoms with Crippen LogP contribution in [0, 0.1) is 6.92 Å². The summed E-state index contributed by atoms with van der Waals surface area (Å²) in [6.07, 6.45) is 6.48. The van der Waals surface area contributed by atoms with Crippen LogP contribution >= 0.6 is 8.92 Å². The fourth-order valence-electron chi connectivity index (χ4n) is 2.60. The molecule has 0 heterocycles. The molecule has 19 heavy (non-hydrogen) atoms. The number of hydrogen-bond donors (Lipinski definition) is 0. The number of hydrogen-bond acceptors (Lipinski definition) is 0. The zero-order valence-electron chi connectivity index (χ0n) is 12.8. The standard InChI is InChI=1S/C9H11.2C4H9.ClH.Sn/c1-3-9-6-4-5-8(2)7-9;2*1-3-4-2;;/h4-7H,1,3H2,2H3;2*1,3-4H2,2H3;1H;/q;;;;+1/p-1. The molecule has 108 valence electrons. The van der Waals surface area contributed by atoms with Crippen molar-refractivity contribution in [2.75, 3.05) is 0 Å². The number of unbranched alkanes of at least 4 members (excludes halogenated alkanes) is 2. The maximum absolute atomic E-state index is 7.10. The number of benzene rings is 1. The van der Waals surface area contributed by atoms with Crippen molar-refractivity contribution in [2.45, 2.75) is 66.2 Å². The molecule has 0 aromatic heterocycles. The average Bonchev–Trinajstić information content (AvgIpc) is 2.41. The Hall–Kier alpha value is 0.309. The molecule has 0 spiro atoms. The Bertz CT molecular complexity index is 354. The van der Waals surface area contributed by atoms with Gasteiger partial charge in [0.2, 0.25) is 0 Å². The molecule has 0 aliphatic rings. The van der Waals surface area contributed by atoms with Gasteiger partial charge in [-0.25, -0.2) is 0 Å². The summed E-state index contributed by atoms with van der Waals surface area (Å²) >= 11 is -2.31. The molecule has 1 rings (SSSR count). The van der Waals surface area contributed by atoms with Crippen molar-refractivity contribution >= 4 is 26.2 Å². The third kappa shape index (κ3) is 7.04. The molecule has 0 fully saturated rings. The van der Waals surface area contributed by atoms with E-state index in [2.05, 4.69) is 45.0 Å². The predicted molar refractivity (Wildman–Crippen MR) is 90.7 cm³/mol. The monoisotopic (exact) mass is 388 g/mol. The van der Waals surface area contributed by atoms with Gasteiger partial charge in [0.1, 0.15) is 0 Å². The van der Waals surface area contributed by atoms with E-state index in [0.29, 0.717) is 0 Å². The summed E-state index contributed by atoms with van der Waals surface area (Å²) in [5.74, 6) is 0. The van der Waals surface area contributed by atoms with E-state index in [4.69, 9.17) is 8.92 Å². The second-order valence-corrected chi connectivity index (χ2v) is 22.1. The minimum absolute atomic E-state index is 1.20. The van der Waals surface area contributed by atoms with Gasteiger partial charge in [-0.1, -0.05) is 0 Å². The SMILES string of the molecule is CCC[CH2][Sn]([Cl])([CH2]CCC)[CH2]Cc1cccc(C)c1. The molecule has 0 aliphatic carbocycles. The molecule has 2 heteroatoms. The topological polar surface area (TPSA) is 0 Å². The Balaban J connectivity index is 2.56. The van der Waals surface area contributed by atoms with Gasteiger partial charge in [0.05, 0.1) is 0 Å². The summed E-state index contributed by atoms with van der Waals surface area (Å²) in [5.41, 5.74) is 2.85. The Morgan fingerprint density at radius 2 is 1.63 bits per heavy atom. The molecule has 0 N–H and O–H groups in total. The van der Waals surface area contributed by atoms with Crippen LogP contribution in [0.25, 0.3) is 0 Å². The van der Waals surface area contributed by atoms with Gasteiger partial charge >= 0.3 is 128 Å². The molecule has 1 aromatic carbocycles. The van der Waals surface area contributed by atoms with E-state index in [1.54, 1.807) is 0 Å². The van der Waals surface area contributed by atoms with Crippen LogP contribution in [0.2, 0.25) is 13.3 Å². The van der Waals surface area contributed by atoms with Crippen LogP contribution in [0.3, 0.4) is 0 Å². The van der Waals surface area contributed by atoms with E-state index in [-0.39, 0.29) is 0 Å². The first-order valence-electron chi connectivity index (χ1n) is 7.84. The Kier molecular flexibility index (Phi) is 8.48. The molecule has 1 aromatic rings.